The van der Waals surface area contributed by atoms with Crippen LogP contribution in [0.4, 0.5) is 8.78 Å². The van der Waals surface area contributed by atoms with Gasteiger partial charge in [0.1, 0.15) is 0 Å². The van der Waals surface area contributed by atoms with Crippen LogP contribution in [0.1, 0.15) is 30.6 Å². The molecule has 1 unspecified atom stereocenters. The number of rotatable bonds is 5. The summed E-state index contributed by atoms with van der Waals surface area (Å²) in [5.74, 6) is -1.65. The maximum atomic E-state index is 13.9. The average Bonchev–Trinajstić information content (AvgIpc) is 2.45. The summed E-state index contributed by atoms with van der Waals surface area (Å²) in [6.45, 7) is 2.72. The number of benzene rings is 1. The zero-order valence-corrected chi connectivity index (χ0v) is 10.7. The highest BCUT2D eigenvalue weighted by Gasteiger charge is 2.20. The van der Waals surface area contributed by atoms with Crippen LogP contribution >= 0.6 is 0 Å². The van der Waals surface area contributed by atoms with E-state index in [0.29, 0.717) is 12.2 Å². The Morgan fingerprint density at radius 1 is 1.16 bits per heavy atom. The molecule has 0 radical (unpaired) electrons. The normalized spacial score (nSPS) is 12.4. The van der Waals surface area contributed by atoms with E-state index in [1.165, 1.54) is 6.07 Å². The van der Waals surface area contributed by atoms with Crippen molar-refractivity contribution >= 4 is 0 Å². The fourth-order valence-electron chi connectivity index (χ4n) is 1.95. The van der Waals surface area contributed by atoms with Crippen molar-refractivity contribution < 1.29 is 8.78 Å². The van der Waals surface area contributed by atoms with Crippen molar-refractivity contribution in [3.63, 3.8) is 0 Å². The van der Waals surface area contributed by atoms with Crippen LogP contribution in [0.3, 0.4) is 0 Å². The van der Waals surface area contributed by atoms with E-state index in [1.54, 1.807) is 24.4 Å². The van der Waals surface area contributed by atoms with Crippen molar-refractivity contribution in [3.8, 4) is 0 Å². The van der Waals surface area contributed by atoms with Gasteiger partial charge in [-0.3, -0.25) is 4.98 Å². The van der Waals surface area contributed by atoms with E-state index in [9.17, 15) is 8.78 Å². The van der Waals surface area contributed by atoms with E-state index in [1.807, 2.05) is 13.0 Å². The van der Waals surface area contributed by atoms with E-state index in [2.05, 4.69) is 10.3 Å². The van der Waals surface area contributed by atoms with Crippen LogP contribution in [0.5, 0.6) is 0 Å². The molecule has 0 aliphatic carbocycles. The zero-order chi connectivity index (χ0) is 13.7. The van der Waals surface area contributed by atoms with Crippen LogP contribution in [0.25, 0.3) is 0 Å². The van der Waals surface area contributed by atoms with E-state index in [0.717, 1.165) is 12.5 Å². The third-order valence-corrected chi connectivity index (χ3v) is 2.87. The topological polar surface area (TPSA) is 24.9 Å². The van der Waals surface area contributed by atoms with Gasteiger partial charge in [0.15, 0.2) is 11.6 Å². The van der Waals surface area contributed by atoms with Crippen LogP contribution in [0.15, 0.2) is 42.6 Å². The molecule has 2 nitrogen and oxygen atoms in total. The first-order valence-electron chi connectivity index (χ1n) is 6.32. The zero-order valence-electron chi connectivity index (χ0n) is 10.7. The van der Waals surface area contributed by atoms with E-state index >= 15 is 0 Å². The Labute approximate surface area is 111 Å². The lowest BCUT2D eigenvalue weighted by molar-refractivity contribution is 0.478. The molecule has 2 rings (SSSR count). The monoisotopic (exact) mass is 262 g/mol. The van der Waals surface area contributed by atoms with Gasteiger partial charge in [-0.25, -0.2) is 8.78 Å². The van der Waals surface area contributed by atoms with Gasteiger partial charge in [0.2, 0.25) is 0 Å². The summed E-state index contributed by atoms with van der Waals surface area (Å²) in [7, 11) is 0. The second kappa shape index (κ2) is 6.38. The number of aromatic nitrogens is 1. The summed E-state index contributed by atoms with van der Waals surface area (Å²) in [4.78, 5) is 4.23. The smallest absolute Gasteiger partial charge is 0.163 e. The molecule has 0 fully saturated rings. The highest BCUT2D eigenvalue weighted by molar-refractivity contribution is 5.29. The predicted octanol–water partition coefficient (Wildman–Crippen LogP) is 3.45. The van der Waals surface area contributed by atoms with Crippen LogP contribution in [-0.2, 0) is 0 Å². The molecule has 19 heavy (non-hydrogen) atoms. The Morgan fingerprint density at radius 2 is 2.00 bits per heavy atom. The summed E-state index contributed by atoms with van der Waals surface area (Å²) in [6.07, 6.45) is 2.55. The fraction of sp³-hybridized carbons (Fsp3) is 0.267. The summed E-state index contributed by atoms with van der Waals surface area (Å²) in [5.41, 5.74) is 0.965. The summed E-state index contributed by atoms with van der Waals surface area (Å²) in [6, 6.07) is 9.21. The first kappa shape index (κ1) is 13.6. The molecule has 100 valence electrons. The molecule has 1 N–H and O–H groups in total. The van der Waals surface area contributed by atoms with Gasteiger partial charge in [0.05, 0.1) is 11.7 Å². The van der Waals surface area contributed by atoms with Gasteiger partial charge in [-0.1, -0.05) is 25.1 Å². The van der Waals surface area contributed by atoms with E-state index < -0.39 is 17.7 Å². The molecular formula is C15H16F2N2. The molecule has 1 atom stereocenters. The molecule has 0 aliphatic heterocycles. The Hall–Kier alpha value is -1.81. The number of hydrogen-bond donors (Lipinski definition) is 1. The third kappa shape index (κ3) is 3.15. The minimum absolute atomic E-state index is 0.284. The lowest BCUT2D eigenvalue weighted by atomic mass is 10.0. The lowest BCUT2D eigenvalue weighted by Gasteiger charge is -2.19. The van der Waals surface area contributed by atoms with Crippen molar-refractivity contribution in [1.29, 1.82) is 0 Å². The number of hydrogen-bond acceptors (Lipinski definition) is 2. The predicted molar refractivity (Wildman–Crippen MR) is 70.7 cm³/mol. The summed E-state index contributed by atoms with van der Waals surface area (Å²) >= 11 is 0. The quantitative estimate of drug-likeness (QED) is 0.892. The van der Waals surface area contributed by atoms with Gasteiger partial charge >= 0.3 is 0 Å². The van der Waals surface area contributed by atoms with Crippen LogP contribution < -0.4 is 5.32 Å². The lowest BCUT2D eigenvalue weighted by Crippen LogP contribution is -2.25. The molecular weight excluding hydrogens is 246 g/mol. The largest absolute Gasteiger partial charge is 0.305 e. The Kier molecular flexibility index (Phi) is 4.58. The van der Waals surface area contributed by atoms with E-state index in [-0.39, 0.29) is 5.56 Å². The van der Waals surface area contributed by atoms with Crippen LogP contribution in [0.2, 0.25) is 0 Å². The number of nitrogens with zero attached hydrogens (tertiary/aromatic N) is 1. The second-order valence-corrected chi connectivity index (χ2v) is 4.28. The van der Waals surface area contributed by atoms with Crippen molar-refractivity contribution in [2.75, 3.05) is 6.54 Å². The number of nitrogens with one attached hydrogen (secondary N) is 1. The maximum absolute atomic E-state index is 13.9. The van der Waals surface area contributed by atoms with Crippen molar-refractivity contribution in [3.05, 3.63) is 65.5 Å². The molecule has 0 amide bonds. The van der Waals surface area contributed by atoms with Crippen LogP contribution in [0, 0.1) is 11.6 Å². The summed E-state index contributed by atoms with van der Waals surface area (Å²) < 4.78 is 27.3. The molecule has 1 aromatic carbocycles. The van der Waals surface area contributed by atoms with Crippen molar-refractivity contribution in [2.24, 2.45) is 0 Å². The van der Waals surface area contributed by atoms with Crippen molar-refractivity contribution in [1.82, 2.24) is 10.3 Å². The van der Waals surface area contributed by atoms with Crippen molar-refractivity contribution in [2.45, 2.75) is 19.4 Å². The second-order valence-electron chi connectivity index (χ2n) is 4.28. The Balaban J connectivity index is 2.40. The molecule has 0 spiro atoms. The van der Waals surface area contributed by atoms with Gasteiger partial charge in [0, 0.05) is 11.8 Å². The first-order chi connectivity index (χ1) is 9.24. The minimum atomic E-state index is -0.836. The highest BCUT2D eigenvalue weighted by atomic mass is 19.2. The molecule has 1 heterocycles. The number of halogens is 2. The molecule has 0 saturated carbocycles. The van der Waals surface area contributed by atoms with E-state index in [4.69, 9.17) is 0 Å². The number of pyridine rings is 1. The minimum Gasteiger partial charge on any atom is -0.305 e. The van der Waals surface area contributed by atoms with Gasteiger partial charge < -0.3 is 5.32 Å². The average molecular weight is 262 g/mol. The molecule has 4 heteroatoms. The Morgan fingerprint density at radius 3 is 2.68 bits per heavy atom. The maximum Gasteiger partial charge on any atom is 0.163 e. The molecule has 0 aliphatic rings. The Bertz CT molecular complexity index is 529. The van der Waals surface area contributed by atoms with Gasteiger partial charge in [-0.2, -0.15) is 0 Å². The van der Waals surface area contributed by atoms with Gasteiger partial charge in [-0.15, -0.1) is 0 Å². The molecule has 1 aromatic heterocycles. The van der Waals surface area contributed by atoms with Gasteiger partial charge in [0.25, 0.3) is 0 Å². The first-order valence-corrected chi connectivity index (χ1v) is 6.32. The fourth-order valence-corrected chi connectivity index (χ4v) is 1.95. The van der Waals surface area contributed by atoms with Crippen LogP contribution in [-0.4, -0.2) is 11.5 Å². The molecule has 0 saturated heterocycles. The summed E-state index contributed by atoms with van der Waals surface area (Å²) in [5, 5.41) is 3.20. The van der Waals surface area contributed by atoms with Gasteiger partial charge in [-0.05, 0) is 31.2 Å². The standard InChI is InChI=1S/C15H16F2N2/c1-2-9-19-15(13-8-3-4-10-18-13)11-6-5-7-12(16)14(11)17/h3-8,10,15,19H,2,9H2,1H3. The third-order valence-electron chi connectivity index (χ3n) is 2.87. The molecule has 2 aromatic rings. The molecule has 0 bridgehead atoms. The SMILES string of the molecule is CCCNC(c1ccccn1)c1cccc(F)c1F. The highest BCUT2D eigenvalue weighted by Crippen LogP contribution is 2.24.